The van der Waals surface area contributed by atoms with Gasteiger partial charge in [0.25, 0.3) is 0 Å². The van der Waals surface area contributed by atoms with Gasteiger partial charge in [0.15, 0.2) is 0 Å². The van der Waals surface area contributed by atoms with Crippen LogP contribution in [0, 0.1) is 12.8 Å². The van der Waals surface area contributed by atoms with E-state index in [1.54, 1.807) is 27.1 Å². The second kappa shape index (κ2) is 9.84. The number of nitrogens with zero attached hydrogens (tertiary/aromatic N) is 3. The van der Waals surface area contributed by atoms with Crippen molar-refractivity contribution in [3.63, 3.8) is 0 Å². The largest absolute Gasteiger partial charge is 0.368 e. The number of urea groups is 1. The van der Waals surface area contributed by atoms with Crippen LogP contribution >= 0.6 is 11.6 Å². The maximum Gasteiger partial charge on any atom is 0.317 e. The second-order valence-electron chi connectivity index (χ2n) is 7.37. The minimum absolute atomic E-state index is 0.0336. The maximum atomic E-state index is 12.0. The Bertz CT molecular complexity index is 1020. The third-order valence-corrected chi connectivity index (χ3v) is 5.50. The van der Waals surface area contributed by atoms with Crippen LogP contribution in [0.15, 0.2) is 18.2 Å². The summed E-state index contributed by atoms with van der Waals surface area (Å²) in [7, 11) is 3.23. The van der Waals surface area contributed by atoms with E-state index in [1.165, 1.54) is 17.0 Å². The first-order valence-electron chi connectivity index (χ1n) is 14.5. The molecule has 5 nitrogen and oxygen atoms in total. The SMILES string of the molecule is [2H]C1([2H])N(CC([2H])([2H])[C@H]2CC[C@H](NC(=O)N(C)C)CC2)C([2H])([2H])C([2H])([2H])N(c2cccc(C)c2Cl)C1([2H])[2H]. The third-order valence-electron chi connectivity index (χ3n) is 5.00. The van der Waals surface area contributed by atoms with E-state index in [1.807, 2.05) is 0 Å². The van der Waals surface area contributed by atoms with Crippen molar-refractivity contribution in [2.75, 3.05) is 51.5 Å². The number of benzene rings is 1. The summed E-state index contributed by atoms with van der Waals surface area (Å²) in [5.74, 6) is -0.623. The van der Waals surface area contributed by atoms with Crippen molar-refractivity contribution in [1.82, 2.24) is 15.1 Å². The zero-order valence-corrected chi connectivity index (χ0v) is 17.3. The zero-order valence-electron chi connectivity index (χ0n) is 26.6. The molecule has 1 saturated carbocycles. The lowest BCUT2D eigenvalue weighted by Gasteiger charge is -2.37. The number of amides is 2. The van der Waals surface area contributed by atoms with Gasteiger partial charge in [-0.3, -0.25) is 4.90 Å². The Kier molecular flexibility index (Phi) is 4.10. The summed E-state index contributed by atoms with van der Waals surface area (Å²) in [5.41, 5.74) is 0.281. The number of hydrogen-bond acceptors (Lipinski definition) is 3. The minimum atomic E-state index is -3.15. The summed E-state index contributed by atoms with van der Waals surface area (Å²) in [6.07, 6.45) is -0.533. The molecule has 1 saturated heterocycles. The first-order chi connectivity index (χ1) is 17.2. The highest BCUT2D eigenvalue weighted by molar-refractivity contribution is 6.34. The molecule has 0 unspecified atom stereocenters. The van der Waals surface area contributed by atoms with Gasteiger partial charge in [0, 0.05) is 54.3 Å². The molecule has 1 aromatic carbocycles. The molecule has 2 aliphatic rings. The summed E-state index contributed by atoms with van der Waals surface area (Å²) in [4.78, 5) is 14.1. The molecule has 2 fully saturated rings. The molecule has 28 heavy (non-hydrogen) atoms. The summed E-state index contributed by atoms with van der Waals surface area (Å²) in [6, 6.07) is 4.01. The first-order valence-corrected chi connectivity index (χ1v) is 9.88. The predicted octanol–water partition coefficient (Wildman–Crippen LogP) is 3.99. The standard InChI is InChI=1S/C22H35ClN4O/c1-17-5-4-6-20(21(17)23)27-15-13-26(14-16-27)12-11-18-7-9-19(10-8-18)24-22(28)25(2)3/h4-6,18-19H,7-16H2,1-3H3,(H,24,28)/t18-,19-/i11D2,13D2,14D2,15D2,16D2. The quantitative estimate of drug-likeness (QED) is 0.788. The number of halogens is 1. The highest BCUT2D eigenvalue weighted by Crippen LogP contribution is 2.30. The van der Waals surface area contributed by atoms with Gasteiger partial charge in [0.2, 0.25) is 0 Å². The number of carbonyl (C=O) groups excluding carboxylic acids is 1. The number of anilines is 1. The monoisotopic (exact) mass is 416 g/mol. The van der Waals surface area contributed by atoms with E-state index in [0.717, 1.165) is 0 Å². The van der Waals surface area contributed by atoms with Crippen LogP contribution in [0.1, 0.15) is 51.3 Å². The molecule has 3 rings (SSSR count). The van der Waals surface area contributed by atoms with Gasteiger partial charge in [-0.25, -0.2) is 4.79 Å². The number of rotatable bonds is 5. The van der Waals surface area contributed by atoms with E-state index >= 15 is 0 Å². The van der Waals surface area contributed by atoms with Gasteiger partial charge < -0.3 is 15.1 Å². The molecule has 0 spiro atoms. The lowest BCUT2D eigenvalue weighted by molar-refractivity contribution is 0.194. The second-order valence-corrected chi connectivity index (χ2v) is 7.75. The van der Waals surface area contributed by atoms with Crippen LogP contribution < -0.4 is 10.2 Å². The number of carbonyl (C=O) groups is 1. The van der Waals surface area contributed by atoms with Crippen molar-refractivity contribution in [2.24, 2.45) is 5.92 Å². The Hall–Kier alpha value is -1.46. The maximum absolute atomic E-state index is 12.0. The molecule has 0 aromatic heterocycles. The molecular weight excluding hydrogens is 372 g/mol. The average Bonchev–Trinajstić information content (AvgIpc) is 2.79. The number of aryl methyl sites for hydroxylation is 1. The Morgan fingerprint density at radius 3 is 2.57 bits per heavy atom. The molecule has 0 radical (unpaired) electrons. The number of piperazine rings is 1. The molecule has 156 valence electrons. The predicted molar refractivity (Wildman–Crippen MR) is 117 cm³/mol. The van der Waals surface area contributed by atoms with Gasteiger partial charge in [0.1, 0.15) is 0 Å². The van der Waals surface area contributed by atoms with Crippen molar-refractivity contribution in [3.8, 4) is 0 Å². The average molecular weight is 417 g/mol. The lowest BCUT2D eigenvalue weighted by Crippen LogP contribution is -2.47. The smallest absolute Gasteiger partial charge is 0.317 e. The molecule has 1 aliphatic heterocycles. The minimum Gasteiger partial charge on any atom is -0.368 e. The van der Waals surface area contributed by atoms with Gasteiger partial charge in [-0.2, -0.15) is 0 Å². The highest BCUT2D eigenvalue weighted by Gasteiger charge is 2.24. The molecule has 1 aromatic rings. The van der Waals surface area contributed by atoms with E-state index in [4.69, 9.17) is 25.3 Å². The van der Waals surface area contributed by atoms with Crippen molar-refractivity contribution in [2.45, 2.75) is 45.0 Å². The topological polar surface area (TPSA) is 38.8 Å². The number of hydrogen-bond donors (Lipinski definition) is 1. The van der Waals surface area contributed by atoms with Gasteiger partial charge >= 0.3 is 6.03 Å². The molecule has 1 N–H and O–H groups in total. The summed E-state index contributed by atoms with van der Waals surface area (Å²) >= 11 is 6.35. The van der Waals surface area contributed by atoms with Crippen LogP contribution in [0.3, 0.4) is 0 Å². The summed E-state index contributed by atoms with van der Waals surface area (Å²) in [6.45, 7) is -11.8. The molecule has 6 heteroatoms. The van der Waals surface area contributed by atoms with Crippen LogP contribution in [-0.2, 0) is 0 Å². The van der Waals surface area contributed by atoms with Crippen molar-refractivity contribution in [1.29, 1.82) is 0 Å². The van der Waals surface area contributed by atoms with Crippen LogP contribution in [0.2, 0.25) is 5.02 Å². The van der Waals surface area contributed by atoms with E-state index in [-0.39, 0.29) is 22.8 Å². The van der Waals surface area contributed by atoms with E-state index < -0.39 is 44.8 Å². The Balaban J connectivity index is 1.91. The van der Waals surface area contributed by atoms with Gasteiger partial charge in [-0.1, -0.05) is 23.7 Å². The van der Waals surface area contributed by atoms with E-state index in [2.05, 4.69) is 5.32 Å². The summed E-state index contributed by atoms with van der Waals surface area (Å²) in [5, 5.41) is 2.83. The normalized spacial score (nSPS) is 36.5. The molecule has 2 amide bonds. The molecule has 0 bridgehead atoms. The van der Waals surface area contributed by atoms with Crippen LogP contribution in [-0.4, -0.2) is 68.5 Å². The molecule has 1 aliphatic carbocycles. The van der Waals surface area contributed by atoms with Crippen LogP contribution in [0.5, 0.6) is 0 Å². The third kappa shape index (κ3) is 5.54. The van der Waals surface area contributed by atoms with Gasteiger partial charge in [0.05, 0.1) is 16.2 Å². The lowest BCUT2D eigenvalue weighted by atomic mass is 9.84. The van der Waals surface area contributed by atoms with Crippen LogP contribution in [0.25, 0.3) is 0 Å². The highest BCUT2D eigenvalue weighted by atomic mass is 35.5. The van der Waals surface area contributed by atoms with Gasteiger partial charge in [-0.05, 0) is 63.1 Å². The van der Waals surface area contributed by atoms with Crippen molar-refractivity contribution >= 4 is 23.3 Å². The van der Waals surface area contributed by atoms with Crippen LogP contribution in [0.4, 0.5) is 10.5 Å². The van der Waals surface area contributed by atoms with Crippen molar-refractivity contribution in [3.05, 3.63) is 28.8 Å². The number of nitrogens with one attached hydrogen (secondary N) is 1. The molecule has 0 atom stereocenters. The fraction of sp³-hybridized carbons (Fsp3) is 0.682. The van der Waals surface area contributed by atoms with E-state index in [9.17, 15) is 4.79 Å². The summed E-state index contributed by atoms with van der Waals surface area (Å²) < 4.78 is 86.9. The van der Waals surface area contributed by atoms with Crippen molar-refractivity contribution < 1.29 is 18.5 Å². The molecular formula is C22H35ClN4O. The fourth-order valence-electron chi connectivity index (χ4n) is 3.25. The molecule has 1 heterocycles. The zero-order chi connectivity index (χ0) is 29.1. The fourth-order valence-corrected chi connectivity index (χ4v) is 3.46. The first kappa shape index (κ1) is 11.7. The Labute approximate surface area is 189 Å². The Morgan fingerprint density at radius 2 is 1.93 bits per heavy atom. The van der Waals surface area contributed by atoms with E-state index in [0.29, 0.717) is 41.0 Å². The Morgan fingerprint density at radius 1 is 1.25 bits per heavy atom. The van der Waals surface area contributed by atoms with Gasteiger partial charge in [-0.15, -0.1) is 0 Å².